The summed E-state index contributed by atoms with van der Waals surface area (Å²) in [7, 11) is -4.62. The van der Waals surface area contributed by atoms with Crippen molar-refractivity contribution in [3.05, 3.63) is 142 Å². The zero-order valence-electron chi connectivity index (χ0n) is 19.8. The lowest BCUT2D eigenvalue weighted by Gasteiger charge is -2.21. The highest BCUT2D eigenvalue weighted by molar-refractivity contribution is 7.48. The first kappa shape index (κ1) is 23.1. The van der Waals surface area contributed by atoms with Crippen LogP contribution in [0.2, 0.25) is 0 Å². The average Bonchev–Trinajstić information content (AvgIpc) is 2.89. The Morgan fingerprint density at radius 2 is 0.784 bits per heavy atom. The molecule has 0 unspecified atom stereocenters. The maximum Gasteiger partial charge on any atom is 0.584 e. The molecule has 0 radical (unpaired) electrons. The Balaban J connectivity index is 1.41. The lowest BCUT2D eigenvalue weighted by atomic mass is 9.97. The molecule has 4 nitrogen and oxygen atoms in total. The van der Waals surface area contributed by atoms with Gasteiger partial charge in [0.15, 0.2) is 0 Å². The number of hydrogen-bond acceptors (Lipinski definition) is 3. The van der Waals surface area contributed by atoms with Crippen LogP contribution in [0.4, 0.5) is 0 Å². The third-order valence-electron chi connectivity index (χ3n) is 6.33. The van der Waals surface area contributed by atoms with E-state index in [4.69, 9.17) is 9.05 Å². The van der Waals surface area contributed by atoms with Gasteiger partial charge >= 0.3 is 7.82 Å². The molecule has 0 aromatic heterocycles. The Morgan fingerprint density at radius 3 is 1.22 bits per heavy atom. The van der Waals surface area contributed by atoms with Gasteiger partial charge in [0, 0.05) is 11.1 Å². The number of hydrogen-bond donors (Lipinski definition) is 1. The van der Waals surface area contributed by atoms with E-state index in [1.54, 1.807) is 12.2 Å². The summed E-state index contributed by atoms with van der Waals surface area (Å²) in [6, 6.07) is 30.8. The Morgan fingerprint density at radius 1 is 0.459 bits per heavy atom. The first-order chi connectivity index (χ1) is 18.1. The SMILES string of the molecule is O=P(O)(O/C1=C/c2ccccc2/C=C\c2ccccc21)O/C1=C/c2ccccc2/C=C\c2ccccc21. The van der Waals surface area contributed by atoms with E-state index in [0.717, 1.165) is 33.4 Å². The second-order valence-corrected chi connectivity index (χ2v) is 10.1. The van der Waals surface area contributed by atoms with Crippen molar-refractivity contribution < 1.29 is 18.5 Å². The molecule has 5 heteroatoms. The Labute approximate surface area is 215 Å². The van der Waals surface area contributed by atoms with Crippen LogP contribution in [0, 0.1) is 0 Å². The molecule has 0 atom stereocenters. The summed E-state index contributed by atoms with van der Waals surface area (Å²) >= 11 is 0. The molecular weight excluding hydrogens is 479 g/mol. The molecule has 180 valence electrons. The molecule has 2 aliphatic rings. The normalized spacial score (nSPS) is 18.3. The van der Waals surface area contributed by atoms with Crippen LogP contribution in [0.15, 0.2) is 97.1 Å². The third-order valence-corrected chi connectivity index (χ3v) is 7.18. The summed E-state index contributed by atoms with van der Waals surface area (Å²) in [5, 5.41) is 0. The lowest BCUT2D eigenvalue weighted by molar-refractivity contribution is 0.265. The van der Waals surface area contributed by atoms with Crippen LogP contribution in [0.25, 0.3) is 48.0 Å². The maximum absolute atomic E-state index is 13.6. The van der Waals surface area contributed by atoms with E-state index in [9.17, 15) is 9.46 Å². The molecule has 37 heavy (non-hydrogen) atoms. The van der Waals surface area contributed by atoms with E-state index in [1.807, 2.05) is 121 Å². The molecule has 1 N–H and O–H groups in total. The van der Waals surface area contributed by atoms with Crippen molar-refractivity contribution in [2.45, 2.75) is 0 Å². The molecule has 0 saturated heterocycles. The zero-order valence-corrected chi connectivity index (χ0v) is 20.7. The molecule has 4 aromatic rings. The highest BCUT2D eigenvalue weighted by Gasteiger charge is 2.30. The fraction of sp³-hybridized carbons (Fsp3) is 0. The van der Waals surface area contributed by atoms with Crippen molar-refractivity contribution in [1.82, 2.24) is 0 Å². The summed E-state index contributed by atoms with van der Waals surface area (Å²) < 4.78 is 25.2. The van der Waals surface area contributed by atoms with Crippen molar-refractivity contribution in [2.24, 2.45) is 0 Å². The fourth-order valence-corrected chi connectivity index (χ4v) is 5.37. The van der Waals surface area contributed by atoms with Crippen LogP contribution < -0.4 is 0 Å². The van der Waals surface area contributed by atoms with Gasteiger partial charge in [0.1, 0.15) is 11.5 Å². The van der Waals surface area contributed by atoms with Crippen LogP contribution in [0.3, 0.4) is 0 Å². The third kappa shape index (κ3) is 4.85. The molecule has 0 fully saturated rings. The van der Waals surface area contributed by atoms with Crippen LogP contribution in [-0.2, 0) is 13.6 Å². The largest absolute Gasteiger partial charge is 0.584 e. The van der Waals surface area contributed by atoms with E-state index in [-0.39, 0.29) is 11.5 Å². The van der Waals surface area contributed by atoms with E-state index >= 15 is 0 Å². The van der Waals surface area contributed by atoms with Gasteiger partial charge in [0.25, 0.3) is 0 Å². The molecular formula is C32H23O4P. The molecule has 0 saturated carbocycles. The first-order valence-corrected chi connectivity index (χ1v) is 13.4. The summed E-state index contributed by atoms with van der Waals surface area (Å²) in [6.07, 6.45) is 11.6. The van der Waals surface area contributed by atoms with E-state index in [1.165, 1.54) is 0 Å². The summed E-state index contributed by atoms with van der Waals surface area (Å²) in [4.78, 5) is 11.1. The molecule has 6 rings (SSSR count). The van der Waals surface area contributed by atoms with Crippen molar-refractivity contribution in [2.75, 3.05) is 0 Å². The molecule has 4 aromatic carbocycles. The first-order valence-electron chi connectivity index (χ1n) is 11.9. The molecule has 2 aliphatic carbocycles. The van der Waals surface area contributed by atoms with Crippen molar-refractivity contribution in [1.29, 1.82) is 0 Å². The van der Waals surface area contributed by atoms with Gasteiger partial charge in [-0.25, -0.2) is 4.57 Å². The molecule has 0 spiro atoms. The number of benzene rings is 4. The number of phosphoric ester groups is 1. The van der Waals surface area contributed by atoms with Gasteiger partial charge in [-0.3, -0.25) is 4.89 Å². The van der Waals surface area contributed by atoms with Gasteiger partial charge in [-0.1, -0.05) is 121 Å². The smallest absolute Gasteiger partial charge is 0.395 e. The van der Waals surface area contributed by atoms with Crippen LogP contribution >= 0.6 is 7.82 Å². The van der Waals surface area contributed by atoms with Crippen LogP contribution in [-0.4, -0.2) is 4.89 Å². The quantitative estimate of drug-likeness (QED) is 0.284. The summed E-state index contributed by atoms with van der Waals surface area (Å²) in [5.74, 6) is 0.525. The zero-order chi connectivity index (χ0) is 25.2. The lowest BCUT2D eigenvalue weighted by Crippen LogP contribution is -2.01. The minimum atomic E-state index is -4.62. The highest BCUT2D eigenvalue weighted by Crippen LogP contribution is 2.53. The topological polar surface area (TPSA) is 55.8 Å². The second-order valence-electron chi connectivity index (χ2n) is 8.77. The Kier molecular flexibility index (Phi) is 5.97. The monoisotopic (exact) mass is 502 g/mol. The Bertz CT molecular complexity index is 1550. The van der Waals surface area contributed by atoms with E-state index < -0.39 is 7.82 Å². The van der Waals surface area contributed by atoms with Gasteiger partial charge in [-0.05, 0) is 45.5 Å². The van der Waals surface area contributed by atoms with Gasteiger partial charge in [-0.15, -0.1) is 0 Å². The maximum atomic E-state index is 13.6. The van der Waals surface area contributed by atoms with Crippen LogP contribution in [0.5, 0.6) is 0 Å². The Hall–Kier alpha value is -4.37. The minimum Gasteiger partial charge on any atom is -0.395 e. The number of rotatable bonds is 4. The molecule has 0 aliphatic heterocycles. The van der Waals surface area contributed by atoms with Crippen molar-refractivity contribution in [3.8, 4) is 0 Å². The average molecular weight is 503 g/mol. The summed E-state index contributed by atoms with van der Waals surface area (Å²) in [5.41, 5.74) is 6.85. The van der Waals surface area contributed by atoms with Gasteiger partial charge in [0.05, 0.1) is 0 Å². The van der Waals surface area contributed by atoms with Crippen molar-refractivity contribution >= 4 is 55.8 Å². The van der Waals surface area contributed by atoms with Crippen LogP contribution in [0.1, 0.15) is 44.5 Å². The molecule has 0 bridgehead atoms. The van der Waals surface area contributed by atoms with E-state index in [2.05, 4.69) is 0 Å². The number of fused-ring (bicyclic) bond motifs is 4. The minimum absolute atomic E-state index is 0.262. The predicted octanol–water partition coefficient (Wildman–Crippen LogP) is 8.48. The van der Waals surface area contributed by atoms with Gasteiger partial charge in [0.2, 0.25) is 0 Å². The van der Waals surface area contributed by atoms with E-state index in [0.29, 0.717) is 11.1 Å². The highest BCUT2D eigenvalue weighted by atomic mass is 31.2. The predicted molar refractivity (Wildman–Crippen MR) is 151 cm³/mol. The van der Waals surface area contributed by atoms with Gasteiger partial charge in [-0.2, -0.15) is 0 Å². The second kappa shape index (κ2) is 9.59. The standard InChI is InChI=1S/C32H23O4P/c33-37(34,35-31-21-27-13-3-1-9-23(27)17-19-25-11-5-7-15-29(25)31)36-32-22-28-14-4-2-10-24(28)18-20-26-12-6-8-16-30(26)32/h1-22H,(H,33,34)/b19-17-,20-18-,23-17?,24-18?,25-19?,26-20?,27-21?,28-22?,31-21+,31-29?,32-22+,32-30?. The molecule has 0 heterocycles. The van der Waals surface area contributed by atoms with Gasteiger partial charge < -0.3 is 9.05 Å². The summed E-state index contributed by atoms with van der Waals surface area (Å²) in [6.45, 7) is 0. The number of phosphoric acid groups is 1. The fourth-order valence-electron chi connectivity index (χ4n) is 4.54. The van der Waals surface area contributed by atoms with Crippen molar-refractivity contribution in [3.63, 3.8) is 0 Å². The molecule has 0 amide bonds.